The van der Waals surface area contributed by atoms with Gasteiger partial charge in [-0.05, 0) is 24.5 Å². The minimum absolute atomic E-state index is 0.354. The Morgan fingerprint density at radius 2 is 2.05 bits per heavy atom. The minimum atomic E-state index is -0.370. The van der Waals surface area contributed by atoms with Crippen molar-refractivity contribution in [2.75, 3.05) is 33.0 Å². The highest BCUT2D eigenvalue weighted by Crippen LogP contribution is 2.22. The number of carbonyl (C=O) groups is 1. The number of hydrogen-bond donors (Lipinski definition) is 1. The van der Waals surface area contributed by atoms with Crippen LogP contribution in [0.3, 0.4) is 0 Å². The first-order valence-corrected chi connectivity index (χ1v) is 6.86. The molecule has 110 valence electrons. The van der Waals surface area contributed by atoms with Crippen LogP contribution in [-0.4, -0.2) is 44.3 Å². The Bertz CT molecular complexity index is 468. The van der Waals surface area contributed by atoms with Crippen LogP contribution in [0.2, 0.25) is 0 Å². The number of piperidine rings is 1. The molecule has 0 radical (unpaired) electrons. The number of nitrogens with two attached hydrogens (primary N) is 1. The molecule has 5 nitrogen and oxygen atoms in total. The number of benzene rings is 1. The number of ether oxygens (including phenoxy) is 2. The summed E-state index contributed by atoms with van der Waals surface area (Å²) >= 11 is 0. The van der Waals surface area contributed by atoms with Crippen LogP contribution in [0.4, 0.5) is 5.69 Å². The summed E-state index contributed by atoms with van der Waals surface area (Å²) in [5.41, 5.74) is 7.79. The van der Waals surface area contributed by atoms with E-state index in [1.165, 1.54) is 7.11 Å². The second-order valence-electron chi connectivity index (χ2n) is 5.08. The van der Waals surface area contributed by atoms with Gasteiger partial charge in [0.2, 0.25) is 0 Å². The Morgan fingerprint density at radius 3 is 2.65 bits per heavy atom. The van der Waals surface area contributed by atoms with E-state index < -0.39 is 0 Å². The number of methoxy groups -OCH3 is 2. The van der Waals surface area contributed by atoms with E-state index in [1.54, 1.807) is 13.2 Å². The molecule has 0 atom stereocenters. The molecule has 5 heteroatoms. The Hall–Kier alpha value is -1.59. The minimum Gasteiger partial charge on any atom is -0.465 e. The summed E-state index contributed by atoms with van der Waals surface area (Å²) in [6.45, 7) is 2.65. The molecule has 0 spiro atoms. The van der Waals surface area contributed by atoms with E-state index in [4.69, 9.17) is 15.2 Å². The SMILES string of the molecule is COC(=O)c1c(N)cccc1CN1CCC(OC)CC1. The number of nitrogen functional groups attached to an aromatic ring is 1. The summed E-state index contributed by atoms with van der Waals surface area (Å²) in [6, 6.07) is 5.54. The summed E-state index contributed by atoms with van der Waals surface area (Å²) in [4.78, 5) is 14.2. The number of rotatable bonds is 4. The zero-order valence-electron chi connectivity index (χ0n) is 12.1. The molecule has 0 unspecified atom stereocenters. The van der Waals surface area contributed by atoms with Crippen molar-refractivity contribution in [3.8, 4) is 0 Å². The molecule has 1 heterocycles. The Kier molecular flexibility index (Phi) is 4.98. The summed E-state index contributed by atoms with van der Waals surface area (Å²) in [5.74, 6) is -0.370. The molecular formula is C15H22N2O3. The van der Waals surface area contributed by atoms with Crippen LogP contribution >= 0.6 is 0 Å². The quantitative estimate of drug-likeness (QED) is 0.670. The Morgan fingerprint density at radius 1 is 1.35 bits per heavy atom. The molecule has 0 aromatic heterocycles. The molecule has 1 aliphatic heterocycles. The monoisotopic (exact) mass is 278 g/mol. The van der Waals surface area contributed by atoms with E-state index in [-0.39, 0.29) is 5.97 Å². The normalized spacial score (nSPS) is 17.1. The van der Waals surface area contributed by atoms with Gasteiger partial charge >= 0.3 is 5.97 Å². The predicted molar refractivity (Wildman–Crippen MR) is 77.5 cm³/mol. The second kappa shape index (κ2) is 6.72. The van der Waals surface area contributed by atoms with Crippen molar-refractivity contribution in [1.82, 2.24) is 4.90 Å². The highest BCUT2D eigenvalue weighted by atomic mass is 16.5. The van der Waals surface area contributed by atoms with E-state index in [2.05, 4.69) is 4.90 Å². The third kappa shape index (κ3) is 3.29. The molecule has 1 aromatic rings. The Labute approximate surface area is 119 Å². The topological polar surface area (TPSA) is 64.8 Å². The van der Waals surface area contributed by atoms with Gasteiger partial charge in [0.25, 0.3) is 0 Å². The van der Waals surface area contributed by atoms with Crippen molar-refractivity contribution in [2.45, 2.75) is 25.5 Å². The van der Waals surface area contributed by atoms with Crippen LogP contribution in [0.5, 0.6) is 0 Å². The smallest absolute Gasteiger partial charge is 0.340 e. The van der Waals surface area contributed by atoms with Gasteiger partial charge in [-0.3, -0.25) is 4.90 Å². The lowest BCUT2D eigenvalue weighted by atomic mass is 10.0. The predicted octanol–water partition coefficient (Wildman–Crippen LogP) is 1.67. The van der Waals surface area contributed by atoms with Gasteiger partial charge in [0.15, 0.2) is 0 Å². The van der Waals surface area contributed by atoms with Gasteiger partial charge in [0.05, 0.1) is 18.8 Å². The number of nitrogens with zero attached hydrogens (tertiary/aromatic N) is 1. The lowest BCUT2D eigenvalue weighted by Gasteiger charge is -2.31. The number of esters is 1. The van der Waals surface area contributed by atoms with Gasteiger partial charge in [-0.1, -0.05) is 12.1 Å². The molecule has 0 aliphatic carbocycles. The van der Waals surface area contributed by atoms with Crippen LogP contribution in [0.15, 0.2) is 18.2 Å². The lowest BCUT2D eigenvalue weighted by Crippen LogP contribution is -2.36. The van der Waals surface area contributed by atoms with Gasteiger partial charge in [-0.15, -0.1) is 0 Å². The standard InChI is InChI=1S/C15H22N2O3/c1-19-12-6-8-17(9-7-12)10-11-4-3-5-13(16)14(11)15(18)20-2/h3-5,12H,6-10,16H2,1-2H3. The lowest BCUT2D eigenvalue weighted by molar-refractivity contribution is 0.0385. The molecule has 20 heavy (non-hydrogen) atoms. The van der Waals surface area contributed by atoms with Crippen LogP contribution in [0.25, 0.3) is 0 Å². The number of carbonyl (C=O) groups excluding carboxylic acids is 1. The molecule has 0 amide bonds. The maximum Gasteiger partial charge on any atom is 0.340 e. The van der Waals surface area contributed by atoms with Crippen molar-refractivity contribution < 1.29 is 14.3 Å². The molecule has 1 aromatic carbocycles. The number of hydrogen-bond acceptors (Lipinski definition) is 5. The van der Waals surface area contributed by atoms with Crippen molar-refractivity contribution >= 4 is 11.7 Å². The van der Waals surface area contributed by atoms with E-state index in [0.717, 1.165) is 31.5 Å². The van der Waals surface area contributed by atoms with Crippen molar-refractivity contribution in [2.24, 2.45) is 0 Å². The van der Waals surface area contributed by atoms with Crippen LogP contribution in [-0.2, 0) is 16.0 Å². The summed E-state index contributed by atoms with van der Waals surface area (Å²) in [5, 5.41) is 0. The van der Waals surface area contributed by atoms with E-state index in [9.17, 15) is 4.79 Å². The first-order valence-electron chi connectivity index (χ1n) is 6.86. The van der Waals surface area contributed by atoms with Gasteiger partial charge in [-0.2, -0.15) is 0 Å². The largest absolute Gasteiger partial charge is 0.465 e. The zero-order valence-corrected chi connectivity index (χ0v) is 12.1. The molecule has 0 saturated carbocycles. The summed E-state index contributed by atoms with van der Waals surface area (Å²) in [7, 11) is 3.14. The second-order valence-corrected chi connectivity index (χ2v) is 5.08. The van der Waals surface area contributed by atoms with Gasteiger partial charge in [0.1, 0.15) is 0 Å². The molecule has 1 fully saturated rings. The summed E-state index contributed by atoms with van der Waals surface area (Å²) < 4.78 is 10.2. The van der Waals surface area contributed by atoms with E-state index >= 15 is 0 Å². The maximum absolute atomic E-state index is 11.9. The fraction of sp³-hybridized carbons (Fsp3) is 0.533. The average Bonchev–Trinajstić information content (AvgIpc) is 2.47. The van der Waals surface area contributed by atoms with Crippen molar-refractivity contribution in [1.29, 1.82) is 0 Å². The van der Waals surface area contributed by atoms with Gasteiger partial charge in [0, 0.05) is 32.4 Å². The molecule has 2 rings (SSSR count). The fourth-order valence-corrected chi connectivity index (χ4v) is 2.65. The molecule has 1 saturated heterocycles. The molecule has 0 bridgehead atoms. The van der Waals surface area contributed by atoms with Crippen LogP contribution in [0.1, 0.15) is 28.8 Å². The third-order valence-electron chi connectivity index (χ3n) is 3.83. The Balaban J connectivity index is 2.10. The number of anilines is 1. The van der Waals surface area contributed by atoms with Gasteiger partial charge < -0.3 is 15.2 Å². The average molecular weight is 278 g/mol. The van der Waals surface area contributed by atoms with Crippen LogP contribution < -0.4 is 5.73 Å². The fourth-order valence-electron chi connectivity index (χ4n) is 2.65. The first-order chi connectivity index (χ1) is 9.65. The molecule has 1 aliphatic rings. The maximum atomic E-state index is 11.9. The van der Waals surface area contributed by atoms with E-state index in [1.807, 2.05) is 12.1 Å². The number of likely N-dealkylation sites (tertiary alicyclic amines) is 1. The highest BCUT2D eigenvalue weighted by Gasteiger charge is 2.21. The summed E-state index contributed by atoms with van der Waals surface area (Å²) in [6.07, 6.45) is 2.39. The molecule has 2 N–H and O–H groups in total. The van der Waals surface area contributed by atoms with Crippen molar-refractivity contribution in [3.63, 3.8) is 0 Å². The zero-order chi connectivity index (χ0) is 14.5. The molecular weight excluding hydrogens is 256 g/mol. The van der Waals surface area contributed by atoms with Gasteiger partial charge in [-0.25, -0.2) is 4.79 Å². The highest BCUT2D eigenvalue weighted by molar-refractivity contribution is 5.96. The van der Waals surface area contributed by atoms with Crippen molar-refractivity contribution in [3.05, 3.63) is 29.3 Å². The third-order valence-corrected chi connectivity index (χ3v) is 3.83. The van der Waals surface area contributed by atoms with E-state index in [0.29, 0.717) is 23.9 Å². The van der Waals surface area contributed by atoms with Crippen LogP contribution in [0, 0.1) is 0 Å². The first kappa shape index (κ1) is 14.8.